The third-order valence-electron chi connectivity index (χ3n) is 3.18. The molecule has 1 fully saturated rings. The number of nitrogens with one attached hydrogen (secondary N) is 2. The zero-order valence-corrected chi connectivity index (χ0v) is 16.9. The molecule has 0 aromatic carbocycles. The molecule has 1 saturated heterocycles. The van der Waals surface area contributed by atoms with Crippen LogP contribution in [-0.2, 0) is 11.0 Å². The first kappa shape index (κ1) is 22.4. The van der Waals surface area contributed by atoms with Gasteiger partial charge in [-0.05, 0) is 12.5 Å². The van der Waals surface area contributed by atoms with Crippen molar-refractivity contribution in [3.05, 3.63) is 23.0 Å². The van der Waals surface area contributed by atoms with Crippen LogP contribution in [0.2, 0.25) is 0 Å². The van der Waals surface area contributed by atoms with Crippen LogP contribution in [0, 0.1) is 0 Å². The molecule has 0 saturated carbocycles. The second-order valence-electron chi connectivity index (χ2n) is 5.49. The van der Waals surface area contributed by atoms with Crippen LogP contribution in [0.1, 0.15) is 27.2 Å². The molecule has 23 heavy (non-hydrogen) atoms. The Bertz CT molecular complexity index is 413. The smallest absolute Gasteiger partial charge is 0.113 e. The van der Waals surface area contributed by atoms with E-state index in [0.717, 1.165) is 43.3 Å². The number of hydrogen-bond acceptors (Lipinski definition) is 4. The molecule has 0 aromatic heterocycles. The van der Waals surface area contributed by atoms with Crippen molar-refractivity contribution in [1.82, 2.24) is 19.8 Å². The van der Waals surface area contributed by atoms with Crippen molar-refractivity contribution in [3.63, 3.8) is 0 Å². The van der Waals surface area contributed by atoms with E-state index in [1.807, 2.05) is 45.1 Å². The highest BCUT2D eigenvalue weighted by molar-refractivity contribution is 7.82. The molecule has 1 aliphatic heterocycles. The van der Waals surface area contributed by atoms with Crippen molar-refractivity contribution in [2.75, 3.05) is 46.5 Å². The van der Waals surface area contributed by atoms with Crippen LogP contribution in [0.5, 0.6) is 0 Å². The molecule has 2 atom stereocenters. The van der Waals surface area contributed by atoms with Crippen LogP contribution in [0.25, 0.3) is 0 Å². The SMILES string of the molecule is CC.CCC1CN(C/C(Cl)=C\C(=C/N(C)C)NS(C)=O)CCN1. The minimum Gasteiger partial charge on any atom is -0.382 e. The van der Waals surface area contributed by atoms with Gasteiger partial charge < -0.3 is 14.9 Å². The minimum atomic E-state index is -1.11. The molecule has 0 spiro atoms. The highest BCUT2D eigenvalue weighted by Gasteiger charge is 2.18. The van der Waals surface area contributed by atoms with Gasteiger partial charge in [-0.1, -0.05) is 32.4 Å². The molecule has 0 radical (unpaired) electrons. The summed E-state index contributed by atoms with van der Waals surface area (Å²) < 4.78 is 14.2. The number of nitrogens with zero attached hydrogens (tertiary/aromatic N) is 2. The topological polar surface area (TPSA) is 47.6 Å². The monoisotopic (exact) mass is 364 g/mol. The van der Waals surface area contributed by atoms with E-state index in [4.69, 9.17) is 11.6 Å². The molecule has 1 aliphatic rings. The highest BCUT2D eigenvalue weighted by atomic mass is 35.5. The predicted molar refractivity (Wildman–Crippen MR) is 103 cm³/mol. The Morgan fingerprint density at radius 1 is 1.48 bits per heavy atom. The number of halogens is 1. The zero-order valence-electron chi connectivity index (χ0n) is 15.4. The van der Waals surface area contributed by atoms with Crippen LogP contribution in [-0.4, -0.2) is 66.6 Å². The van der Waals surface area contributed by atoms with Gasteiger partial charge in [-0.15, -0.1) is 0 Å². The van der Waals surface area contributed by atoms with Crippen molar-refractivity contribution in [1.29, 1.82) is 0 Å². The summed E-state index contributed by atoms with van der Waals surface area (Å²) in [7, 11) is 2.73. The molecular weight excluding hydrogens is 332 g/mol. The van der Waals surface area contributed by atoms with E-state index < -0.39 is 11.0 Å². The summed E-state index contributed by atoms with van der Waals surface area (Å²) in [5.41, 5.74) is 0.757. The maximum absolute atomic E-state index is 11.3. The number of rotatable bonds is 7. The first-order chi connectivity index (χ1) is 10.9. The lowest BCUT2D eigenvalue weighted by Gasteiger charge is -2.33. The summed E-state index contributed by atoms with van der Waals surface area (Å²) >= 11 is 6.37. The maximum Gasteiger partial charge on any atom is 0.113 e. The van der Waals surface area contributed by atoms with Gasteiger partial charge in [-0.25, -0.2) is 4.21 Å². The Kier molecular flexibility index (Phi) is 12.5. The van der Waals surface area contributed by atoms with Gasteiger partial charge in [0.05, 0.1) is 5.70 Å². The van der Waals surface area contributed by atoms with Crippen LogP contribution >= 0.6 is 11.6 Å². The van der Waals surface area contributed by atoms with E-state index in [9.17, 15) is 4.21 Å². The zero-order chi connectivity index (χ0) is 17.8. The molecule has 7 heteroatoms. The van der Waals surface area contributed by atoms with E-state index >= 15 is 0 Å². The van der Waals surface area contributed by atoms with E-state index in [1.165, 1.54) is 0 Å². The van der Waals surface area contributed by atoms with E-state index in [2.05, 4.69) is 21.9 Å². The molecule has 0 amide bonds. The van der Waals surface area contributed by atoms with Gasteiger partial charge in [0, 0.05) is 63.8 Å². The Balaban J connectivity index is 0.00000232. The maximum atomic E-state index is 11.3. The third kappa shape index (κ3) is 10.8. The van der Waals surface area contributed by atoms with Gasteiger partial charge >= 0.3 is 0 Å². The van der Waals surface area contributed by atoms with Gasteiger partial charge in [0.15, 0.2) is 0 Å². The molecule has 5 nitrogen and oxygen atoms in total. The Morgan fingerprint density at radius 3 is 2.65 bits per heavy atom. The average molecular weight is 365 g/mol. The summed E-state index contributed by atoms with van der Waals surface area (Å²) in [4.78, 5) is 4.24. The number of hydrogen-bond donors (Lipinski definition) is 2. The first-order valence-electron chi connectivity index (χ1n) is 8.20. The third-order valence-corrected chi connectivity index (χ3v) is 3.93. The molecule has 0 aliphatic carbocycles. The largest absolute Gasteiger partial charge is 0.382 e. The summed E-state index contributed by atoms with van der Waals surface area (Å²) in [6.07, 6.45) is 6.45. The Hall–Kier alpha value is -0.560. The minimum absolute atomic E-state index is 0.543. The quantitative estimate of drug-likeness (QED) is 0.679. The fourth-order valence-corrected chi connectivity index (χ4v) is 3.01. The van der Waals surface area contributed by atoms with Crippen LogP contribution in [0.15, 0.2) is 23.0 Å². The molecule has 0 aromatic rings. The number of piperazine rings is 1. The van der Waals surface area contributed by atoms with Crippen LogP contribution < -0.4 is 10.0 Å². The van der Waals surface area contributed by atoms with Crippen molar-refractivity contribution in [2.45, 2.75) is 33.2 Å². The lowest BCUT2D eigenvalue weighted by Crippen LogP contribution is -2.50. The lowest BCUT2D eigenvalue weighted by molar-refractivity contribution is 0.214. The summed E-state index contributed by atoms with van der Waals surface area (Å²) in [6, 6.07) is 0.543. The van der Waals surface area contributed by atoms with Crippen molar-refractivity contribution in [2.24, 2.45) is 0 Å². The van der Waals surface area contributed by atoms with Gasteiger partial charge in [0.2, 0.25) is 0 Å². The van der Waals surface area contributed by atoms with Crippen molar-refractivity contribution in [3.8, 4) is 0 Å². The van der Waals surface area contributed by atoms with Crippen molar-refractivity contribution < 1.29 is 4.21 Å². The predicted octanol–water partition coefficient (Wildman–Crippen LogP) is 2.11. The van der Waals surface area contributed by atoms with Crippen molar-refractivity contribution >= 4 is 22.6 Å². The fraction of sp³-hybridized carbons (Fsp3) is 0.750. The summed E-state index contributed by atoms with van der Waals surface area (Å²) in [5.74, 6) is 0. The fourth-order valence-electron chi connectivity index (χ4n) is 2.28. The highest BCUT2D eigenvalue weighted by Crippen LogP contribution is 2.11. The second kappa shape index (κ2) is 12.8. The lowest BCUT2D eigenvalue weighted by atomic mass is 10.1. The Morgan fingerprint density at radius 2 is 2.13 bits per heavy atom. The van der Waals surface area contributed by atoms with Gasteiger partial charge in [0.1, 0.15) is 11.0 Å². The molecule has 1 heterocycles. The van der Waals surface area contributed by atoms with E-state index in [0.29, 0.717) is 6.04 Å². The number of allylic oxidation sites excluding steroid dienone is 1. The Labute approximate surface area is 149 Å². The molecule has 0 bridgehead atoms. The van der Waals surface area contributed by atoms with Gasteiger partial charge in [-0.3, -0.25) is 4.90 Å². The van der Waals surface area contributed by atoms with Crippen LogP contribution in [0.3, 0.4) is 0 Å². The first-order valence-corrected chi connectivity index (χ1v) is 10.1. The van der Waals surface area contributed by atoms with E-state index in [-0.39, 0.29) is 0 Å². The summed E-state index contributed by atoms with van der Waals surface area (Å²) in [5, 5.41) is 4.24. The molecular formula is C16H33ClN4OS. The average Bonchev–Trinajstić information content (AvgIpc) is 2.47. The molecule has 2 unspecified atom stereocenters. The molecule has 136 valence electrons. The standard InChI is InChI=1S/C14H27ClN4OS.C2H6/c1-5-13-11-19(7-6-16-13)9-12(15)8-14(10-18(2)3)17-21(4)20;1-2/h8,10,13,16-17H,5-7,9,11H2,1-4H3;1-2H3/b12-8+,14-10+;. The van der Waals surface area contributed by atoms with Gasteiger partial charge in [0.25, 0.3) is 0 Å². The van der Waals surface area contributed by atoms with E-state index in [1.54, 1.807) is 6.26 Å². The normalized spacial score (nSPS) is 21.3. The summed E-state index contributed by atoms with van der Waals surface area (Å²) in [6.45, 7) is 9.93. The second-order valence-corrected chi connectivity index (χ2v) is 7.09. The molecule has 1 rings (SSSR count). The van der Waals surface area contributed by atoms with Gasteiger partial charge in [-0.2, -0.15) is 0 Å². The van der Waals surface area contributed by atoms with Crippen LogP contribution in [0.4, 0.5) is 0 Å². The molecule has 2 N–H and O–H groups in total.